The summed E-state index contributed by atoms with van der Waals surface area (Å²) in [6.07, 6.45) is 9.12. The SMILES string of the molecule is C=CCn1c(SCC(=O)NC2(C#N)CCCCC2)nc2sc3c(c2c1=O)CC[C@@H](C)C3. The molecule has 1 atom stereocenters. The first kappa shape index (κ1) is 22.1. The summed E-state index contributed by atoms with van der Waals surface area (Å²) < 4.78 is 1.62. The molecule has 8 heteroatoms. The summed E-state index contributed by atoms with van der Waals surface area (Å²) in [5.41, 5.74) is 0.369. The molecule has 0 aromatic carbocycles. The van der Waals surface area contributed by atoms with Crippen LogP contribution >= 0.6 is 23.1 Å². The number of nitrogens with zero attached hydrogens (tertiary/aromatic N) is 3. The van der Waals surface area contributed by atoms with E-state index in [4.69, 9.17) is 4.98 Å². The summed E-state index contributed by atoms with van der Waals surface area (Å²) in [4.78, 5) is 32.8. The van der Waals surface area contributed by atoms with Crippen molar-refractivity contribution >= 4 is 39.2 Å². The van der Waals surface area contributed by atoms with Gasteiger partial charge in [0, 0.05) is 11.4 Å². The van der Waals surface area contributed by atoms with Crippen LogP contribution in [0.5, 0.6) is 0 Å². The molecule has 1 saturated carbocycles. The van der Waals surface area contributed by atoms with Crippen molar-refractivity contribution in [1.82, 2.24) is 14.9 Å². The van der Waals surface area contributed by atoms with Crippen molar-refractivity contribution in [3.8, 4) is 6.07 Å². The smallest absolute Gasteiger partial charge is 0.263 e. The first-order valence-electron chi connectivity index (χ1n) is 11.0. The van der Waals surface area contributed by atoms with Gasteiger partial charge in [0.25, 0.3) is 5.56 Å². The molecule has 0 unspecified atom stereocenters. The van der Waals surface area contributed by atoms with Crippen molar-refractivity contribution in [1.29, 1.82) is 5.26 Å². The van der Waals surface area contributed by atoms with Crippen LogP contribution in [0.2, 0.25) is 0 Å². The molecule has 0 radical (unpaired) electrons. The second-order valence-electron chi connectivity index (χ2n) is 8.72. The molecule has 0 spiro atoms. The Balaban J connectivity index is 1.59. The maximum absolute atomic E-state index is 13.3. The predicted molar refractivity (Wildman–Crippen MR) is 126 cm³/mol. The maximum atomic E-state index is 13.3. The van der Waals surface area contributed by atoms with Gasteiger partial charge in [0.05, 0.1) is 17.2 Å². The van der Waals surface area contributed by atoms with Crippen LogP contribution in [0.15, 0.2) is 22.6 Å². The van der Waals surface area contributed by atoms with Crippen LogP contribution < -0.4 is 10.9 Å². The second-order valence-corrected chi connectivity index (χ2v) is 10.7. The molecule has 0 bridgehead atoms. The molecule has 1 N–H and O–H groups in total. The molecule has 1 amide bonds. The molecule has 2 aromatic rings. The van der Waals surface area contributed by atoms with Gasteiger partial charge in [0.1, 0.15) is 10.4 Å². The van der Waals surface area contributed by atoms with E-state index in [1.165, 1.54) is 16.6 Å². The predicted octanol–water partition coefficient (Wildman–Crippen LogP) is 4.20. The van der Waals surface area contributed by atoms with E-state index in [9.17, 15) is 14.9 Å². The van der Waals surface area contributed by atoms with E-state index in [2.05, 4.69) is 24.9 Å². The molecule has 0 aliphatic heterocycles. The lowest BCUT2D eigenvalue weighted by molar-refractivity contribution is -0.120. The highest BCUT2D eigenvalue weighted by Crippen LogP contribution is 2.36. The number of hydrogen-bond donors (Lipinski definition) is 1. The fraction of sp³-hybridized carbons (Fsp3) is 0.565. The Hall–Kier alpha value is -2.11. The van der Waals surface area contributed by atoms with Crippen molar-refractivity contribution in [2.45, 2.75) is 75.5 Å². The lowest BCUT2D eigenvalue weighted by Crippen LogP contribution is -2.49. The van der Waals surface area contributed by atoms with E-state index in [0.29, 0.717) is 30.5 Å². The van der Waals surface area contributed by atoms with Gasteiger partial charge in [-0.15, -0.1) is 17.9 Å². The van der Waals surface area contributed by atoms with E-state index in [0.717, 1.165) is 54.3 Å². The lowest BCUT2D eigenvalue weighted by atomic mass is 9.83. The van der Waals surface area contributed by atoms with E-state index in [1.54, 1.807) is 22.0 Å². The van der Waals surface area contributed by atoms with Gasteiger partial charge in [-0.3, -0.25) is 14.2 Å². The highest BCUT2D eigenvalue weighted by Gasteiger charge is 2.33. The summed E-state index contributed by atoms with van der Waals surface area (Å²) in [5, 5.41) is 13.8. The molecule has 2 aliphatic rings. The molecule has 6 nitrogen and oxygen atoms in total. The first-order chi connectivity index (χ1) is 15.0. The van der Waals surface area contributed by atoms with Crippen LogP contribution in [0.3, 0.4) is 0 Å². The van der Waals surface area contributed by atoms with E-state index in [-0.39, 0.29) is 17.2 Å². The molecule has 2 heterocycles. The number of rotatable bonds is 6. The van der Waals surface area contributed by atoms with Crippen LogP contribution in [0.4, 0.5) is 0 Å². The molecule has 4 rings (SSSR count). The van der Waals surface area contributed by atoms with E-state index in [1.807, 2.05) is 0 Å². The minimum Gasteiger partial charge on any atom is -0.337 e. The summed E-state index contributed by atoms with van der Waals surface area (Å²) in [6.45, 7) is 6.39. The van der Waals surface area contributed by atoms with Crippen LogP contribution in [0.25, 0.3) is 10.2 Å². The number of hydrogen-bond acceptors (Lipinski definition) is 6. The summed E-state index contributed by atoms with van der Waals surface area (Å²) in [7, 11) is 0. The van der Waals surface area contributed by atoms with Gasteiger partial charge in [0.15, 0.2) is 5.16 Å². The fourth-order valence-electron chi connectivity index (χ4n) is 4.66. The largest absolute Gasteiger partial charge is 0.337 e. The van der Waals surface area contributed by atoms with Crippen LogP contribution in [-0.4, -0.2) is 26.8 Å². The van der Waals surface area contributed by atoms with Gasteiger partial charge in [-0.1, -0.05) is 44.0 Å². The number of carbonyl (C=O) groups excluding carboxylic acids is 1. The molecule has 164 valence electrons. The summed E-state index contributed by atoms with van der Waals surface area (Å²) in [5.74, 6) is 0.564. The Labute approximate surface area is 190 Å². The minimum absolute atomic E-state index is 0.0411. The Morgan fingerprint density at radius 3 is 2.94 bits per heavy atom. The molecule has 0 saturated heterocycles. The Bertz CT molecular complexity index is 1110. The number of thioether (sulfide) groups is 1. The number of fused-ring (bicyclic) bond motifs is 3. The lowest BCUT2D eigenvalue weighted by Gasteiger charge is -2.31. The van der Waals surface area contributed by atoms with Gasteiger partial charge in [-0.25, -0.2) is 4.98 Å². The van der Waals surface area contributed by atoms with Crippen LogP contribution in [-0.2, 0) is 24.2 Å². The monoisotopic (exact) mass is 456 g/mol. The number of nitriles is 1. The third-order valence-corrected chi connectivity index (χ3v) is 8.45. The topological polar surface area (TPSA) is 87.8 Å². The van der Waals surface area contributed by atoms with Crippen molar-refractivity contribution in [3.05, 3.63) is 33.4 Å². The third-order valence-electron chi connectivity index (χ3n) is 6.32. The van der Waals surface area contributed by atoms with Crippen LogP contribution in [0.1, 0.15) is 55.9 Å². The summed E-state index contributed by atoms with van der Waals surface area (Å²) >= 11 is 2.87. The molecule has 2 aliphatic carbocycles. The highest BCUT2D eigenvalue weighted by molar-refractivity contribution is 7.99. The normalized spacial score (nSPS) is 20.1. The number of aromatic nitrogens is 2. The average Bonchev–Trinajstić information content (AvgIpc) is 3.12. The first-order valence-corrected chi connectivity index (χ1v) is 12.8. The number of thiophene rings is 1. The second kappa shape index (κ2) is 9.17. The van der Waals surface area contributed by atoms with Crippen molar-refractivity contribution in [2.24, 2.45) is 5.92 Å². The molecule has 1 fully saturated rings. The maximum Gasteiger partial charge on any atom is 0.263 e. The number of amides is 1. The van der Waals surface area contributed by atoms with Crippen molar-refractivity contribution in [3.63, 3.8) is 0 Å². The number of nitrogens with one attached hydrogen (secondary N) is 1. The van der Waals surface area contributed by atoms with Crippen LogP contribution in [0, 0.1) is 17.2 Å². The quantitative estimate of drug-likeness (QED) is 0.400. The van der Waals surface area contributed by atoms with Gasteiger partial charge in [-0.05, 0) is 43.6 Å². The van der Waals surface area contributed by atoms with Gasteiger partial charge in [-0.2, -0.15) is 5.26 Å². The zero-order valence-corrected chi connectivity index (χ0v) is 19.5. The molecular formula is C23H28N4O2S2. The Morgan fingerprint density at radius 2 is 2.23 bits per heavy atom. The highest BCUT2D eigenvalue weighted by atomic mass is 32.2. The zero-order valence-electron chi connectivity index (χ0n) is 17.9. The zero-order chi connectivity index (χ0) is 22.0. The van der Waals surface area contributed by atoms with Gasteiger partial charge in [0.2, 0.25) is 5.91 Å². The van der Waals surface area contributed by atoms with Gasteiger partial charge < -0.3 is 5.32 Å². The van der Waals surface area contributed by atoms with Crippen molar-refractivity contribution < 1.29 is 4.79 Å². The van der Waals surface area contributed by atoms with E-state index < -0.39 is 5.54 Å². The number of carbonyl (C=O) groups is 1. The molecular weight excluding hydrogens is 428 g/mol. The minimum atomic E-state index is -0.752. The van der Waals surface area contributed by atoms with Crippen molar-refractivity contribution in [2.75, 3.05) is 5.75 Å². The Morgan fingerprint density at radius 1 is 1.45 bits per heavy atom. The number of allylic oxidation sites excluding steroid dienone is 1. The summed E-state index contributed by atoms with van der Waals surface area (Å²) in [6, 6.07) is 2.32. The average molecular weight is 457 g/mol. The molecule has 2 aromatic heterocycles. The van der Waals surface area contributed by atoms with E-state index >= 15 is 0 Å². The molecule has 31 heavy (non-hydrogen) atoms. The Kier molecular flexibility index (Phi) is 6.54. The third kappa shape index (κ3) is 4.44. The fourth-order valence-corrected chi connectivity index (χ4v) is 6.89. The standard InChI is InChI=1S/C23H28N4O2S2/c1-3-11-27-21(29)19-16-8-7-15(2)12-17(16)31-20(19)25-22(27)30-13-18(28)26-23(14-24)9-5-4-6-10-23/h3,15H,1,4-13H2,2H3,(H,26,28)/t15-/m1/s1. The van der Waals surface area contributed by atoms with Gasteiger partial charge >= 0.3 is 0 Å². The number of aryl methyl sites for hydroxylation is 1.